The number of aromatic nitrogens is 1. The van der Waals surface area contributed by atoms with Crippen molar-refractivity contribution in [2.45, 2.75) is 11.4 Å². The number of nitrogens with one attached hydrogen (secondary N) is 1. The third-order valence-electron chi connectivity index (χ3n) is 2.37. The molecule has 0 saturated heterocycles. The van der Waals surface area contributed by atoms with Gasteiger partial charge in [-0.25, -0.2) is 27.3 Å². The molecule has 0 saturated carbocycles. The Morgan fingerprint density at radius 1 is 1.48 bits per heavy atom. The quantitative estimate of drug-likeness (QED) is 0.861. The summed E-state index contributed by atoms with van der Waals surface area (Å²) < 4.78 is 39.2. The van der Waals surface area contributed by atoms with Crippen LogP contribution in [0.4, 0.5) is 4.39 Å². The molecule has 1 aromatic heterocycles. The molecular formula is C11H8ClFN2O4S2. The lowest BCUT2D eigenvalue weighted by atomic mass is 10.3. The zero-order valence-electron chi connectivity index (χ0n) is 10.2. The number of aromatic carboxylic acids is 1. The van der Waals surface area contributed by atoms with E-state index >= 15 is 0 Å². The minimum absolute atomic E-state index is 0.158. The van der Waals surface area contributed by atoms with Gasteiger partial charge < -0.3 is 5.11 Å². The molecule has 0 unspecified atom stereocenters. The van der Waals surface area contributed by atoms with Crippen LogP contribution in [0, 0.1) is 5.82 Å². The molecule has 2 rings (SSSR count). The van der Waals surface area contributed by atoms with E-state index in [1.807, 2.05) is 0 Å². The van der Waals surface area contributed by atoms with Crippen molar-refractivity contribution in [2.24, 2.45) is 0 Å². The third kappa shape index (κ3) is 3.76. The van der Waals surface area contributed by atoms with Crippen LogP contribution in [0.1, 0.15) is 15.5 Å². The van der Waals surface area contributed by atoms with Gasteiger partial charge in [-0.3, -0.25) is 0 Å². The second-order valence-electron chi connectivity index (χ2n) is 3.83. The van der Waals surface area contributed by atoms with Gasteiger partial charge in [0.05, 0.1) is 11.6 Å². The van der Waals surface area contributed by atoms with E-state index in [1.165, 1.54) is 5.38 Å². The predicted octanol–water partition coefficient (Wildman–Crippen LogP) is 2.11. The van der Waals surface area contributed by atoms with E-state index in [2.05, 4.69) is 9.71 Å². The van der Waals surface area contributed by atoms with Gasteiger partial charge in [0.2, 0.25) is 10.0 Å². The highest BCUT2D eigenvalue weighted by Gasteiger charge is 2.19. The number of nitrogens with zero attached hydrogens (tertiary/aromatic N) is 1. The van der Waals surface area contributed by atoms with Crippen LogP contribution >= 0.6 is 22.9 Å². The van der Waals surface area contributed by atoms with E-state index in [9.17, 15) is 17.6 Å². The molecule has 112 valence electrons. The first kappa shape index (κ1) is 15.8. The number of carboxylic acid groups (broad SMARTS) is 1. The number of carbonyl (C=O) groups is 1. The predicted molar refractivity (Wildman–Crippen MR) is 74.5 cm³/mol. The molecule has 0 fully saturated rings. The minimum atomic E-state index is -3.95. The number of hydrogen-bond acceptors (Lipinski definition) is 5. The van der Waals surface area contributed by atoms with Crippen molar-refractivity contribution < 1.29 is 22.7 Å². The van der Waals surface area contributed by atoms with E-state index in [4.69, 9.17) is 16.7 Å². The van der Waals surface area contributed by atoms with Gasteiger partial charge in [0.15, 0.2) is 5.69 Å². The summed E-state index contributed by atoms with van der Waals surface area (Å²) in [7, 11) is -3.95. The van der Waals surface area contributed by atoms with Crippen LogP contribution in [0.3, 0.4) is 0 Å². The fourth-order valence-corrected chi connectivity index (χ4v) is 3.73. The van der Waals surface area contributed by atoms with E-state index in [0.29, 0.717) is 0 Å². The van der Waals surface area contributed by atoms with Crippen molar-refractivity contribution in [2.75, 3.05) is 0 Å². The van der Waals surface area contributed by atoms with Crippen molar-refractivity contribution in [3.8, 4) is 0 Å². The highest BCUT2D eigenvalue weighted by molar-refractivity contribution is 7.89. The van der Waals surface area contributed by atoms with Crippen molar-refractivity contribution in [3.63, 3.8) is 0 Å². The normalized spacial score (nSPS) is 11.5. The van der Waals surface area contributed by atoms with Crippen LogP contribution in [0.25, 0.3) is 0 Å². The zero-order chi connectivity index (χ0) is 15.6. The van der Waals surface area contributed by atoms with Crippen LogP contribution in [0.15, 0.2) is 28.5 Å². The smallest absolute Gasteiger partial charge is 0.355 e. The summed E-state index contributed by atoms with van der Waals surface area (Å²) in [5.41, 5.74) is -0.158. The fraction of sp³-hybridized carbons (Fsp3) is 0.0909. The van der Waals surface area contributed by atoms with Gasteiger partial charge in [-0.15, -0.1) is 11.3 Å². The van der Waals surface area contributed by atoms with Crippen molar-refractivity contribution in [1.82, 2.24) is 9.71 Å². The van der Waals surface area contributed by atoms with Crippen molar-refractivity contribution in [1.29, 1.82) is 0 Å². The Morgan fingerprint density at radius 3 is 2.76 bits per heavy atom. The maximum Gasteiger partial charge on any atom is 0.355 e. The standard InChI is InChI=1S/C11H8ClFN2O4S2/c12-7-3-6(13)1-2-9(7)21(18,19)14-4-10-15-8(5-20-10)11(16)17/h1-3,5,14H,4H2,(H,16,17). The van der Waals surface area contributed by atoms with Gasteiger partial charge in [0, 0.05) is 5.38 Å². The molecule has 10 heteroatoms. The highest BCUT2D eigenvalue weighted by atomic mass is 35.5. The Kier molecular flexibility index (Phi) is 4.57. The lowest BCUT2D eigenvalue weighted by molar-refractivity contribution is 0.0691. The summed E-state index contributed by atoms with van der Waals surface area (Å²) in [5, 5.41) is 10.1. The molecule has 0 aliphatic rings. The lowest BCUT2D eigenvalue weighted by Gasteiger charge is -2.07. The van der Waals surface area contributed by atoms with Crippen molar-refractivity contribution in [3.05, 3.63) is 45.1 Å². The first-order valence-electron chi connectivity index (χ1n) is 5.42. The third-order valence-corrected chi connectivity index (χ3v) is 5.10. The average molecular weight is 351 g/mol. The van der Waals surface area contributed by atoms with Crippen molar-refractivity contribution >= 4 is 38.9 Å². The molecule has 0 aliphatic carbocycles. The number of sulfonamides is 1. The summed E-state index contributed by atoms with van der Waals surface area (Å²) in [4.78, 5) is 14.1. The molecule has 0 amide bonds. The van der Waals surface area contributed by atoms with Gasteiger partial charge in [-0.2, -0.15) is 0 Å². The molecular weight excluding hydrogens is 343 g/mol. The molecule has 2 N–H and O–H groups in total. The van der Waals surface area contributed by atoms with Crippen LogP contribution in [0.2, 0.25) is 5.02 Å². The van der Waals surface area contributed by atoms with Gasteiger partial charge in [0.25, 0.3) is 0 Å². The van der Waals surface area contributed by atoms with E-state index in [0.717, 1.165) is 29.5 Å². The molecule has 21 heavy (non-hydrogen) atoms. The van der Waals surface area contributed by atoms with E-state index in [1.54, 1.807) is 0 Å². The summed E-state index contributed by atoms with van der Waals surface area (Å²) >= 11 is 6.70. The SMILES string of the molecule is O=C(O)c1csc(CNS(=O)(=O)c2ccc(F)cc2Cl)n1. The Bertz CT molecular complexity index is 791. The van der Waals surface area contributed by atoms with Gasteiger partial charge in [-0.05, 0) is 18.2 Å². The molecule has 0 bridgehead atoms. The maximum atomic E-state index is 12.9. The summed E-state index contributed by atoms with van der Waals surface area (Å²) in [6.45, 7) is -0.187. The van der Waals surface area contributed by atoms with E-state index in [-0.39, 0.29) is 27.2 Å². The average Bonchev–Trinajstić information content (AvgIpc) is 2.85. The largest absolute Gasteiger partial charge is 0.476 e. The molecule has 0 spiro atoms. The molecule has 0 aliphatic heterocycles. The number of carboxylic acids is 1. The maximum absolute atomic E-state index is 12.9. The Morgan fingerprint density at radius 2 is 2.19 bits per heavy atom. The van der Waals surface area contributed by atoms with Gasteiger partial charge in [0.1, 0.15) is 15.7 Å². The summed E-state index contributed by atoms with van der Waals surface area (Å²) in [6, 6.07) is 2.92. The Hall–Kier alpha value is -1.55. The zero-order valence-corrected chi connectivity index (χ0v) is 12.6. The number of thiazole rings is 1. The number of halogens is 2. The second kappa shape index (κ2) is 6.06. The Balaban J connectivity index is 2.15. The summed E-state index contributed by atoms with van der Waals surface area (Å²) in [6.07, 6.45) is 0. The monoisotopic (exact) mass is 350 g/mol. The number of benzene rings is 1. The Labute approximate surface area is 128 Å². The van der Waals surface area contributed by atoms with Crippen LogP contribution in [-0.4, -0.2) is 24.5 Å². The number of hydrogen-bond donors (Lipinski definition) is 2. The minimum Gasteiger partial charge on any atom is -0.476 e. The van der Waals surface area contributed by atoms with Gasteiger partial charge >= 0.3 is 5.97 Å². The molecule has 1 aromatic carbocycles. The highest BCUT2D eigenvalue weighted by Crippen LogP contribution is 2.22. The van der Waals surface area contributed by atoms with Crippen LogP contribution < -0.4 is 4.72 Å². The molecule has 0 radical (unpaired) electrons. The first-order valence-corrected chi connectivity index (χ1v) is 8.16. The van der Waals surface area contributed by atoms with E-state index < -0.39 is 21.8 Å². The summed E-state index contributed by atoms with van der Waals surface area (Å²) in [5.74, 6) is -1.84. The topological polar surface area (TPSA) is 96.4 Å². The number of rotatable bonds is 5. The first-order chi connectivity index (χ1) is 9.79. The molecule has 1 heterocycles. The molecule has 2 aromatic rings. The fourth-order valence-electron chi connectivity index (χ4n) is 1.42. The second-order valence-corrected chi connectivity index (χ2v) is 6.92. The molecule has 6 nitrogen and oxygen atoms in total. The molecule has 0 atom stereocenters. The lowest BCUT2D eigenvalue weighted by Crippen LogP contribution is -2.23. The van der Waals surface area contributed by atoms with Gasteiger partial charge in [-0.1, -0.05) is 11.6 Å². The van der Waals surface area contributed by atoms with Crippen LogP contribution in [-0.2, 0) is 16.6 Å². The van der Waals surface area contributed by atoms with Crippen LogP contribution in [0.5, 0.6) is 0 Å².